The SMILES string of the molecule is CCc1ccc(CC(=O)C(=O)O)o1. The first-order valence-electron chi connectivity index (χ1n) is 3.97. The molecule has 0 bridgehead atoms. The molecule has 0 aliphatic heterocycles. The Balaban J connectivity index is 2.64. The van der Waals surface area contributed by atoms with E-state index in [1.165, 1.54) is 0 Å². The Kier molecular flexibility index (Phi) is 2.84. The number of rotatable bonds is 4. The van der Waals surface area contributed by atoms with E-state index in [0.29, 0.717) is 5.76 Å². The van der Waals surface area contributed by atoms with Gasteiger partial charge >= 0.3 is 5.97 Å². The summed E-state index contributed by atoms with van der Waals surface area (Å²) in [6.45, 7) is 1.92. The third-order valence-electron chi connectivity index (χ3n) is 1.64. The zero-order chi connectivity index (χ0) is 9.84. The molecule has 1 N–H and O–H groups in total. The zero-order valence-corrected chi connectivity index (χ0v) is 7.24. The predicted molar refractivity (Wildman–Crippen MR) is 44.4 cm³/mol. The smallest absolute Gasteiger partial charge is 0.372 e. The van der Waals surface area contributed by atoms with Crippen molar-refractivity contribution in [3.8, 4) is 0 Å². The molecule has 4 heteroatoms. The second-order valence-electron chi connectivity index (χ2n) is 2.63. The molecule has 1 aromatic rings. The summed E-state index contributed by atoms with van der Waals surface area (Å²) in [7, 11) is 0. The van der Waals surface area contributed by atoms with Gasteiger partial charge in [-0.1, -0.05) is 6.92 Å². The number of carboxylic acids is 1. The molecule has 0 amide bonds. The number of carbonyl (C=O) groups excluding carboxylic acids is 1. The summed E-state index contributed by atoms with van der Waals surface area (Å²) in [5.41, 5.74) is 0. The molecule has 1 aromatic heterocycles. The van der Waals surface area contributed by atoms with Crippen LogP contribution in [0.4, 0.5) is 0 Å². The van der Waals surface area contributed by atoms with Gasteiger partial charge in [-0.15, -0.1) is 0 Å². The average Bonchev–Trinajstić information content (AvgIpc) is 2.52. The van der Waals surface area contributed by atoms with Crippen LogP contribution in [-0.2, 0) is 22.4 Å². The molecule has 1 rings (SSSR count). The van der Waals surface area contributed by atoms with E-state index < -0.39 is 11.8 Å². The van der Waals surface area contributed by atoms with Crippen LogP contribution in [0.25, 0.3) is 0 Å². The maximum absolute atomic E-state index is 10.8. The fourth-order valence-corrected chi connectivity index (χ4v) is 0.941. The van der Waals surface area contributed by atoms with Gasteiger partial charge in [-0.2, -0.15) is 0 Å². The van der Waals surface area contributed by atoms with E-state index in [-0.39, 0.29) is 6.42 Å². The van der Waals surface area contributed by atoms with Crippen LogP contribution in [0.2, 0.25) is 0 Å². The lowest BCUT2D eigenvalue weighted by Gasteiger charge is -1.91. The largest absolute Gasteiger partial charge is 0.475 e. The van der Waals surface area contributed by atoms with Crippen molar-refractivity contribution in [2.45, 2.75) is 19.8 Å². The molecule has 0 spiro atoms. The molecule has 0 aromatic carbocycles. The first-order valence-corrected chi connectivity index (χ1v) is 3.97. The summed E-state index contributed by atoms with van der Waals surface area (Å²) in [6, 6.07) is 3.37. The fourth-order valence-electron chi connectivity index (χ4n) is 0.941. The van der Waals surface area contributed by atoms with Gasteiger partial charge in [0.05, 0.1) is 6.42 Å². The number of ketones is 1. The average molecular weight is 182 g/mol. The van der Waals surface area contributed by atoms with Crippen molar-refractivity contribution in [3.63, 3.8) is 0 Å². The first kappa shape index (κ1) is 9.51. The minimum Gasteiger partial charge on any atom is -0.475 e. The van der Waals surface area contributed by atoms with Gasteiger partial charge in [-0.3, -0.25) is 4.79 Å². The Hall–Kier alpha value is -1.58. The van der Waals surface area contributed by atoms with E-state index in [0.717, 1.165) is 12.2 Å². The van der Waals surface area contributed by atoms with Crippen LogP contribution in [0.15, 0.2) is 16.5 Å². The predicted octanol–water partition coefficient (Wildman–Crippen LogP) is 1.04. The molecule has 0 atom stereocenters. The molecule has 0 saturated carbocycles. The Morgan fingerprint density at radius 1 is 1.38 bits per heavy atom. The summed E-state index contributed by atoms with van der Waals surface area (Å²) in [4.78, 5) is 20.9. The van der Waals surface area contributed by atoms with Crippen molar-refractivity contribution in [3.05, 3.63) is 23.7 Å². The van der Waals surface area contributed by atoms with Crippen molar-refractivity contribution < 1.29 is 19.1 Å². The van der Waals surface area contributed by atoms with Gasteiger partial charge in [0.1, 0.15) is 11.5 Å². The van der Waals surface area contributed by atoms with Crippen LogP contribution < -0.4 is 0 Å². The molecule has 0 aliphatic carbocycles. The van der Waals surface area contributed by atoms with Crippen LogP contribution in [-0.4, -0.2) is 16.9 Å². The number of hydrogen-bond donors (Lipinski definition) is 1. The number of Topliss-reactive ketones (excluding diaryl/α,β-unsaturated/α-hetero) is 1. The van der Waals surface area contributed by atoms with Crippen LogP contribution >= 0.6 is 0 Å². The first-order chi connectivity index (χ1) is 6.13. The maximum atomic E-state index is 10.8. The van der Waals surface area contributed by atoms with Gasteiger partial charge < -0.3 is 9.52 Å². The quantitative estimate of drug-likeness (QED) is 0.706. The second kappa shape index (κ2) is 3.89. The second-order valence-corrected chi connectivity index (χ2v) is 2.63. The van der Waals surface area contributed by atoms with Gasteiger partial charge in [-0.25, -0.2) is 4.79 Å². The number of carboxylic acid groups (broad SMARTS) is 1. The van der Waals surface area contributed by atoms with Gasteiger partial charge in [0, 0.05) is 6.42 Å². The Morgan fingerprint density at radius 2 is 2.00 bits per heavy atom. The molecule has 0 unspecified atom stereocenters. The molecule has 4 nitrogen and oxygen atoms in total. The highest BCUT2D eigenvalue weighted by atomic mass is 16.4. The van der Waals surface area contributed by atoms with Crippen LogP contribution in [0.5, 0.6) is 0 Å². The normalized spacial score (nSPS) is 9.92. The van der Waals surface area contributed by atoms with Gasteiger partial charge in [-0.05, 0) is 12.1 Å². The number of carbonyl (C=O) groups is 2. The van der Waals surface area contributed by atoms with Crippen molar-refractivity contribution in [1.29, 1.82) is 0 Å². The van der Waals surface area contributed by atoms with E-state index in [2.05, 4.69) is 0 Å². The lowest BCUT2D eigenvalue weighted by Crippen LogP contribution is -2.14. The molecule has 13 heavy (non-hydrogen) atoms. The highest BCUT2D eigenvalue weighted by Crippen LogP contribution is 2.09. The van der Waals surface area contributed by atoms with Crippen LogP contribution in [0, 0.1) is 0 Å². The Bertz CT molecular complexity index is 324. The van der Waals surface area contributed by atoms with Gasteiger partial charge in [0.2, 0.25) is 5.78 Å². The van der Waals surface area contributed by atoms with Crippen molar-refractivity contribution >= 4 is 11.8 Å². The van der Waals surface area contributed by atoms with Crippen molar-refractivity contribution in [2.75, 3.05) is 0 Å². The summed E-state index contributed by atoms with van der Waals surface area (Å²) in [5.74, 6) is -1.11. The maximum Gasteiger partial charge on any atom is 0.372 e. The number of aryl methyl sites for hydroxylation is 1. The molecule has 0 fully saturated rings. The van der Waals surface area contributed by atoms with Crippen molar-refractivity contribution in [2.24, 2.45) is 0 Å². The molecule has 0 radical (unpaired) electrons. The lowest BCUT2D eigenvalue weighted by atomic mass is 10.2. The highest BCUT2D eigenvalue weighted by molar-refractivity contribution is 6.33. The lowest BCUT2D eigenvalue weighted by molar-refractivity contribution is -0.148. The van der Waals surface area contributed by atoms with Gasteiger partial charge in [0.25, 0.3) is 0 Å². The van der Waals surface area contributed by atoms with E-state index in [1.54, 1.807) is 12.1 Å². The minimum absolute atomic E-state index is 0.171. The molecular weight excluding hydrogens is 172 g/mol. The standard InChI is InChI=1S/C9H10O4/c1-2-6-3-4-7(13-6)5-8(10)9(11)12/h3-4H,2,5H2,1H3,(H,11,12). The Morgan fingerprint density at radius 3 is 2.46 bits per heavy atom. The van der Waals surface area contributed by atoms with Crippen LogP contribution in [0.3, 0.4) is 0 Å². The Labute approximate surface area is 75.2 Å². The number of aliphatic carboxylic acids is 1. The van der Waals surface area contributed by atoms with E-state index in [1.807, 2.05) is 6.92 Å². The summed E-state index contributed by atoms with van der Waals surface area (Å²) < 4.78 is 5.17. The fraction of sp³-hybridized carbons (Fsp3) is 0.333. The molecular formula is C9H10O4. The van der Waals surface area contributed by atoms with E-state index in [9.17, 15) is 9.59 Å². The topological polar surface area (TPSA) is 67.5 Å². The molecule has 0 saturated heterocycles. The van der Waals surface area contributed by atoms with Crippen molar-refractivity contribution in [1.82, 2.24) is 0 Å². The zero-order valence-electron chi connectivity index (χ0n) is 7.24. The summed E-state index contributed by atoms with van der Waals surface area (Å²) in [5, 5.41) is 8.32. The van der Waals surface area contributed by atoms with E-state index >= 15 is 0 Å². The summed E-state index contributed by atoms with van der Waals surface area (Å²) in [6.07, 6.45) is 0.566. The molecule has 0 aliphatic rings. The third-order valence-corrected chi connectivity index (χ3v) is 1.64. The monoisotopic (exact) mass is 182 g/mol. The molecule has 1 heterocycles. The minimum atomic E-state index is -1.42. The highest BCUT2D eigenvalue weighted by Gasteiger charge is 2.14. The molecule has 70 valence electrons. The number of furan rings is 1. The van der Waals surface area contributed by atoms with Crippen LogP contribution in [0.1, 0.15) is 18.4 Å². The van der Waals surface area contributed by atoms with E-state index in [4.69, 9.17) is 9.52 Å². The van der Waals surface area contributed by atoms with Gasteiger partial charge in [0.15, 0.2) is 0 Å². The third kappa shape index (κ3) is 2.43. The summed E-state index contributed by atoms with van der Waals surface area (Å²) >= 11 is 0. The number of hydrogen-bond acceptors (Lipinski definition) is 3.